The van der Waals surface area contributed by atoms with E-state index in [2.05, 4.69) is 84.0 Å². The summed E-state index contributed by atoms with van der Waals surface area (Å²) in [7, 11) is 0. The van der Waals surface area contributed by atoms with Gasteiger partial charge in [-0.15, -0.1) is 0 Å². The molecule has 0 fully saturated rings. The van der Waals surface area contributed by atoms with Crippen LogP contribution < -0.4 is 0 Å². The van der Waals surface area contributed by atoms with Gasteiger partial charge in [0.05, 0.1) is 11.4 Å². The molecular weight excluding hydrogens is 304 g/mol. The van der Waals surface area contributed by atoms with Crippen LogP contribution in [0.4, 0.5) is 5.69 Å². The summed E-state index contributed by atoms with van der Waals surface area (Å²) in [6.45, 7) is 12.9. The number of aryl methyl sites for hydroxylation is 1. The third-order valence-corrected chi connectivity index (χ3v) is 4.35. The zero-order valence-corrected chi connectivity index (χ0v) is 16.0. The number of allylic oxidation sites excluding steroid dienone is 2. The molecule has 1 heterocycles. The largest absolute Gasteiger partial charge is 0.232 e. The van der Waals surface area contributed by atoms with Crippen molar-refractivity contribution in [3.05, 3.63) is 70.8 Å². The fourth-order valence-corrected chi connectivity index (χ4v) is 2.97. The summed E-state index contributed by atoms with van der Waals surface area (Å²) in [5.41, 5.74) is 7.85. The molecule has 0 bridgehead atoms. The number of aliphatic imine (C=N–C) groups is 2. The van der Waals surface area contributed by atoms with Gasteiger partial charge in [0.1, 0.15) is 5.84 Å². The molecule has 0 spiro atoms. The summed E-state index contributed by atoms with van der Waals surface area (Å²) in [6, 6.07) is 17.0. The topological polar surface area (TPSA) is 24.7 Å². The highest BCUT2D eigenvalue weighted by molar-refractivity contribution is 6.36. The van der Waals surface area contributed by atoms with Crippen molar-refractivity contribution >= 4 is 22.8 Å². The Bertz CT molecular complexity index is 884. The lowest BCUT2D eigenvalue weighted by Gasteiger charge is -2.18. The molecule has 3 rings (SSSR count). The second-order valence-corrected chi connectivity index (χ2v) is 7.90. The Labute approximate surface area is 151 Å². The number of nitrogens with zero attached hydrogens (tertiary/aromatic N) is 2. The van der Waals surface area contributed by atoms with Gasteiger partial charge < -0.3 is 0 Å². The standard InChI is InChI=1S/C23H26N2/c1-15(2)20-18-9-7-8-10-19(18)24-22(23(4,5)6)25-21(20)17-13-11-16(3)12-14-17/h7-14H,1-6H3. The Morgan fingerprint density at radius 2 is 1.48 bits per heavy atom. The van der Waals surface area contributed by atoms with Gasteiger partial charge in [-0.25, -0.2) is 9.98 Å². The molecule has 0 saturated carbocycles. The van der Waals surface area contributed by atoms with Crippen molar-refractivity contribution in [3.63, 3.8) is 0 Å². The zero-order chi connectivity index (χ0) is 18.2. The van der Waals surface area contributed by atoms with Crippen LogP contribution in [0.25, 0.3) is 5.57 Å². The quantitative estimate of drug-likeness (QED) is 0.580. The number of amidine groups is 1. The van der Waals surface area contributed by atoms with Crippen LogP contribution in [0.2, 0.25) is 0 Å². The first-order valence-electron chi connectivity index (χ1n) is 8.79. The van der Waals surface area contributed by atoms with Crippen LogP contribution in [-0.4, -0.2) is 11.5 Å². The van der Waals surface area contributed by atoms with Crippen molar-refractivity contribution in [1.29, 1.82) is 0 Å². The highest BCUT2D eigenvalue weighted by Crippen LogP contribution is 2.36. The summed E-state index contributed by atoms with van der Waals surface area (Å²) in [5.74, 6) is 0.867. The van der Waals surface area contributed by atoms with Crippen molar-refractivity contribution < 1.29 is 0 Å². The maximum absolute atomic E-state index is 5.07. The van der Waals surface area contributed by atoms with E-state index < -0.39 is 0 Å². The monoisotopic (exact) mass is 330 g/mol. The van der Waals surface area contributed by atoms with Crippen molar-refractivity contribution in [2.45, 2.75) is 41.5 Å². The minimum Gasteiger partial charge on any atom is -0.232 e. The second kappa shape index (κ2) is 6.44. The van der Waals surface area contributed by atoms with Crippen LogP contribution in [0, 0.1) is 12.3 Å². The van der Waals surface area contributed by atoms with Crippen LogP contribution in [0.3, 0.4) is 0 Å². The molecule has 0 aliphatic carbocycles. The molecule has 0 N–H and O–H groups in total. The van der Waals surface area contributed by atoms with Gasteiger partial charge in [0.25, 0.3) is 0 Å². The number of hydrogen-bond acceptors (Lipinski definition) is 2. The number of hydrogen-bond donors (Lipinski definition) is 0. The number of rotatable bonds is 1. The Morgan fingerprint density at radius 1 is 0.840 bits per heavy atom. The van der Waals surface area contributed by atoms with Gasteiger partial charge in [0.15, 0.2) is 0 Å². The minimum atomic E-state index is -0.125. The average molecular weight is 330 g/mol. The number of fused-ring (bicyclic) bond motifs is 1. The predicted molar refractivity (Wildman–Crippen MR) is 109 cm³/mol. The van der Waals surface area contributed by atoms with E-state index in [1.165, 1.54) is 16.7 Å². The molecule has 1 aliphatic heterocycles. The molecule has 1 aliphatic rings. The summed E-state index contributed by atoms with van der Waals surface area (Å²) in [5, 5.41) is 0. The van der Waals surface area contributed by atoms with Crippen LogP contribution in [-0.2, 0) is 0 Å². The lowest BCUT2D eigenvalue weighted by Crippen LogP contribution is -2.20. The Balaban J connectivity index is 2.34. The molecule has 0 radical (unpaired) electrons. The highest BCUT2D eigenvalue weighted by Gasteiger charge is 2.26. The van der Waals surface area contributed by atoms with Gasteiger partial charge in [-0.1, -0.05) is 74.4 Å². The molecule has 0 aromatic heterocycles. The first kappa shape index (κ1) is 17.3. The fraction of sp³-hybridized carbons (Fsp3) is 0.304. The average Bonchev–Trinajstić information content (AvgIpc) is 2.72. The van der Waals surface area contributed by atoms with Gasteiger partial charge >= 0.3 is 0 Å². The van der Waals surface area contributed by atoms with Crippen LogP contribution >= 0.6 is 0 Å². The molecule has 0 saturated heterocycles. The second-order valence-electron chi connectivity index (χ2n) is 7.90. The number of benzene rings is 2. The van der Waals surface area contributed by atoms with Crippen molar-refractivity contribution in [2.24, 2.45) is 15.4 Å². The highest BCUT2D eigenvalue weighted by atomic mass is 15.0. The SMILES string of the molecule is CC(C)=C1C(c2ccc(C)cc2)=NC(C(C)(C)C)=Nc2ccccc21. The molecule has 25 heavy (non-hydrogen) atoms. The fourth-order valence-electron chi connectivity index (χ4n) is 2.97. The van der Waals surface area contributed by atoms with E-state index in [0.717, 1.165) is 28.4 Å². The molecule has 0 atom stereocenters. The molecule has 0 amide bonds. The van der Waals surface area contributed by atoms with Crippen molar-refractivity contribution in [1.82, 2.24) is 0 Å². The third-order valence-electron chi connectivity index (χ3n) is 4.35. The smallest absolute Gasteiger partial charge is 0.135 e. The van der Waals surface area contributed by atoms with Crippen molar-refractivity contribution in [3.8, 4) is 0 Å². The first-order chi connectivity index (χ1) is 11.8. The molecule has 2 nitrogen and oxygen atoms in total. The maximum atomic E-state index is 5.07. The minimum absolute atomic E-state index is 0.125. The van der Waals surface area contributed by atoms with Crippen LogP contribution in [0.15, 0.2) is 64.1 Å². The molecule has 0 unspecified atom stereocenters. The predicted octanol–water partition coefficient (Wildman–Crippen LogP) is 6.37. The van der Waals surface area contributed by atoms with E-state index >= 15 is 0 Å². The summed E-state index contributed by atoms with van der Waals surface area (Å²) < 4.78 is 0. The normalized spacial score (nSPS) is 14.4. The Kier molecular flexibility index (Phi) is 4.47. The number of para-hydroxylation sites is 1. The van der Waals surface area contributed by atoms with E-state index in [1.807, 2.05) is 6.07 Å². The molecule has 128 valence electrons. The summed E-state index contributed by atoms with van der Waals surface area (Å²) >= 11 is 0. The summed E-state index contributed by atoms with van der Waals surface area (Å²) in [4.78, 5) is 10.0. The molecule has 2 aromatic carbocycles. The molecule has 2 aromatic rings. The zero-order valence-electron chi connectivity index (χ0n) is 16.0. The van der Waals surface area contributed by atoms with Crippen molar-refractivity contribution in [2.75, 3.05) is 0 Å². The van der Waals surface area contributed by atoms with E-state index in [-0.39, 0.29) is 5.41 Å². The van der Waals surface area contributed by atoms with E-state index in [1.54, 1.807) is 0 Å². The lowest BCUT2D eigenvalue weighted by molar-refractivity contribution is 0.586. The van der Waals surface area contributed by atoms with Gasteiger partial charge in [-0.2, -0.15) is 0 Å². The summed E-state index contributed by atoms with van der Waals surface area (Å²) in [6.07, 6.45) is 0. The van der Waals surface area contributed by atoms with Crippen LogP contribution in [0.5, 0.6) is 0 Å². The van der Waals surface area contributed by atoms with E-state index in [4.69, 9.17) is 9.98 Å². The Hall–Kier alpha value is -2.48. The van der Waals surface area contributed by atoms with Gasteiger partial charge in [0.2, 0.25) is 0 Å². The molecular formula is C23H26N2. The lowest BCUT2D eigenvalue weighted by atomic mass is 9.91. The van der Waals surface area contributed by atoms with E-state index in [9.17, 15) is 0 Å². The first-order valence-corrected chi connectivity index (χ1v) is 8.79. The molecule has 2 heteroatoms. The van der Waals surface area contributed by atoms with Gasteiger partial charge in [-0.3, -0.25) is 0 Å². The Morgan fingerprint density at radius 3 is 2.08 bits per heavy atom. The maximum Gasteiger partial charge on any atom is 0.135 e. The van der Waals surface area contributed by atoms with Gasteiger partial charge in [-0.05, 0) is 26.8 Å². The van der Waals surface area contributed by atoms with E-state index in [0.29, 0.717) is 0 Å². The third kappa shape index (κ3) is 3.48. The van der Waals surface area contributed by atoms with Gasteiger partial charge in [0, 0.05) is 22.1 Å². The van der Waals surface area contributed by atoms with Crippen LogP contribution in [0.1, 0.15) is 51.3 Å².